The first-order chi connectivity index (χ1) is 11.4. The van der Waals surface area contributed by atoms with E-state index < -0.39 is 34.8 Å². The van der Waals surface area contributed by atoms with Gasteiger partial charge >= 0.3 is 0 Å². The highest BCUT2D eigenvalue weighted by Crippen LogP contribution is 2.59. The normalized spacial score (nSPS) is 30.2. The third kappa shape index (κ3) is 2.51. The summed E-state index contributed by atoms with van der Waals surface area (Å²) in [5, 5.41) is 34.4. The Hall–Kier alpha value is -1.88. The average molecular weight is 332 g/mol. The number of carboxylic acid groups (broad SMARTS) is 2. The van der Waals surface area contributed by atoms with Crippen LogP contribution in [0, 0.1) is 11.3 Å². The average Bonchev–Trinajstić information content (AvgIpc) is 2.55. The second-order valence-corrected chi connectivity index (χ2v) is 6.68. The second kappa shape index (κ2) is 6.93. The van der Waals surface area contributed by atoms with Gasteiger partial charge in [0.25, 0.3) is 0 Å². The van der Waals surface area contributed by atoms with E-state index in [9.17, 15) is 24.9 Å². The molecule has 1 aliphatic rings. The number of aliphatic hydroxyl groups is 1. The summed E-state index contributed by atoms with van der Waals surface area (Å²) in [4.78, 5) is 23.5. The van der Waals surface area contributed by atoms with E-state index in [1.54, 1.807) is 6.92 Å². The molecule has 1 N–H and O–H groups in total. The number of rotatable bonds is 6. The van der Waals surface area contributed by atoms with Gasteiger partial charge in [0, 0.05) is 11.3 Å². The van der Waals surface area contributed by atoms with Gasteiger partial charge in [-0.15, -0.1) is 0 Å². The number of aliphatic carboxylic acids is 2. The SMILES string of the molecule is CCC1(C(C(=O)[O-])C(=O)[O-])CCCC(O)C1(CC)c1ccccc1. The molecule has 0 amide bonds. The van der Waals surface area contributed by atoms with Crippen molar-refractivity contribution in [2.75, 3.05) is 0 Å². The zero-order chi connectivity index (χ0) is 18.0. The lowest BCUT2D eigenvalue weighted by atomic mass is 9.46. The third-order valence-electron chi connectivity index (χ3n) is 6.06. The predicted molar refractivity (Wildman–Crippen MR) is 84.5 cm³/mol. The van der Waals surface area contributed by atoms with Crippen molar-refractivity contribution in [3.8, 4) is 0 Å². The molecule has 1 fully saturated rings. The van der Waals surface area contributed by atoms with Crippen molar-refractivity contribution in [2.24, 2.45) is 11.3 Å². The third-order valence-corrected chi connectivity index (χ3v) is 6.06. The molecule has 0 saturated heterocycles. The minimum Gasteiger partial charge on any atom is -0.549 e. The summed E-state index contributed by atoms with van der Waals surface area (Å²) in [6.07, 6.45) is 1.40. The number of carbonyl (C=O) groups is 2. The molecule has 3 atom stereocenters. The van der Waals surface area contributed by atoms with E-state index in [2.05, 4.69) is 0 Å². The van der Waals surface area contributed by atoms with Crippen LogP contribution < -0.4 is 10.2 Å². The summed E-state index contributed by atoms with van der Waals surface area (Å²) in [5.41, 5.74) is -1.35. The van der Waals surface area contributed by atoms with Crippen LogP contribution in [0.3, 0.4) is 0 Å². The van der Waals surface area contributed by atoms with E-state index in [1.807, 2.05) is 37.3 Å². The maximum absolute atomic E-state index is 11.7. The van der Waals surface area contributed by atoms with Crippen LogP contribution in [0.2, 0.25) is 0 Å². The number of carboxylic acids is 2. The number of hydrogen-bond acceptors (Lipinski definition) is 5. The first kappa shape index (κ1) is 18.5. The van der Waals surface area contributed by atoms with Gasteiger partial charge in [-0.05, 0) is 36.7 Å². The summed E-state index contributed by atoms with van der Waals surface area (Å²) in [5.74, 6) is -5.04. The molecule has 1 saturated carbocycles. The Bertz CT molecular complexity index is 585. The van der Waals surface area contributed by atoms with Crippen LogP contribution in [0.1, 0.15) is 51.5 Å². The van der Waals surface area contributed by atoms with Gasteiger partial charge < -0.3 is 24.9 Å². The Morgan fingerprint density at radius 1 is 1.17 bits per heavy atom. The van der Waals surface area contributed by atoms with E-state index >= 15 is 0 Å². The zero-order valence-corrected chi connectivity index (χ0v) is 14.2. The predicted octanol–water partition coefficient (Wildman–Crippen LogP) is 0.392. The molecule has 0 aromatic heterocycles. The molecule has 0 bridgehead atoms. The number of benzene rings is 1. The number of aliphatic hydroxyl groups excluding tert-OH is 1. The fourth-order valence-electron chi connectivity index (χ4n) is 5.07. The Labute approximate surface area is 142 Å². The van der Waals surface area contributed by atoms with E-state index in [4.69, 9.17) is 0 Å². The van der Waals surface area contributed by atoms with E-state index in [-0.39, 0.29) is 0 Å². The fourth-order valence-corrected chi connectivity index (χ4v) is 5.07. The minimum absolute atomic E-state index is 0.305. The van der Waals surface area contributed by atoms with Crippen LogP contribution in [0.25, 0.3) is 0 Å². The summed E-state index contributed by atoms with van der Waals surface area (Å²) in [6.45, 7) is 3.65. The van der Waals surface area contributed by atoms with Crippen LogP contribution in [0.5, 0.6) is 0 Å². The Morgan fingerprint density at radius 3 is 2.21 bits per heavy atom. The maximum atomic E-state index is 11.7. The van der Waals surface area contributed by atoms with Crippen molar-refractivity contribution in [2.45, 2.75) is 57.5 Å². The van der Waals surface area contributed by atoms with Gasteiger partial charge in [-0.25, -0.2) is 0 Å². The maximum Gasteiger partial charge on any atom is 0.0642 e. The summed E-state index contributed by atoms with van der Waals surface area (Å²) in [7, 11) is 0. The second-order valence-electron chi connectivity index (χ2n) is 6.68. The molecule has 5 heteroatoms. The van der Waals surface area contributed by atoms with Crippen molar-refractivity contribution in [3.63, 3.8) is 0 Å². The van der Waals surface area contributed by atoms with Crippen molar-refractivity contribution in [3.05, 3.63) is 35.9 Å². The molecule has 132 valence electrons. The highest BCUT2D eigenvalue weighted by atomic mass is 16.4. The van der Waals surface area contributed by atoms with Gasteiger partial charge in [0.2, 0.25) is 0 Å². The molecule has 24 heavy (non-hydrogen) atoms. The highest BCUT2D eigenvalue weighted by molar-refractivity contribution is 5.92. The molecule has 5 nitrogen and oxygen atoms in total. The molecule has 0 spiro atoms. The lowest BCUT2D eigenvalue weighted by molar-refractivity contribution is -0.341. The molecule has 0 heterocycles. The number of carbonyl (C=O) groups excluding carboxylic acids is 2. The summed E-state index contributed by atoms with van der Waals surface area (Å²) < 4.78 is 0. The van der Waals surface area contributed by atoms with E-state index in [0.717, 1.165) is 5.56 Å². The lowest BCUT2D eigenvalue weighted by Crippen LogP contribution is -2.65. The van der Waals surface area contributed by atoms with Crippen molar-refractivity contribution >= 4 is 11.9 Å². The molecule has 0 aliphatic heterocycles. The van der Waals surface area contributed by atoms with Crippen molar-refractivity contribution in [1.29, 1.82) is 0 Å². The van der Waals surface area contributed by atoms with Crippen LogP contribution in [0.4, 0.5) is 0 Å². The van der Waals surface area contributed by atoms with Crippen molar-refractivity contribution in [1.82, 2.24) is 0 Å². The highest BCUT2D eigenvalue weighted by Gasteiger charge is 2.60. The first-order valence-electron chi connectivity index (χ1n) is 8.52. The summed E-state index contributed by atoms with van der Waals surface area (Å²) in [6, 6.07) is 9.15. The lowest BCUT2D eigenvalue weighted by Gasteiger charge is -2.60. The quantitative estimate of drug-likeness (QED) is 0.760. The van der Waals surface area contributed by atoms with Gasteiger partial charge in [-0.3, -0.25) is 0 Å². The van der Waals surface area contributed by atoms with E-state index in [0.29, 0.717) is 32.1 Å². The van der Waals surface area contributed by atoms with Crippen LogP contribution in [-0.2, 0) is 15.0 Å². The monoisotopic (exact) mass is 332 g/mol. The van der Waals surface area contributed by atoms with Gasteiger partial charge in [-0.2, -0.15) is 0 Å². The fraction of sp³-hybridized carbons (Fsp3) is 0.579. The van der Waals surface area contributed by atoms with Gasteiger partial charge in [0.05, 0.1) is 18.0 Å². The molecule has 1 aromatic rings. The van der Waals surface area contributed by atoms with Crippen LogP contribution >= 0.6 is 0 Å². The molecule has 3 unspecified atom stereocenters. The van der Waals surface area contributed by atoms with Crippen LogP contribution in [0.15, 0.2) is 30.3 Å². The van der Waals surface area contributed by atoms with E-state index in [1.165, 1.54) is 0 Å². The molecular formula is C19H24O5-2. The Morgan fingerprint density at radius 2 is 1.75 bits per heavy atom. The minimum atomic E-state index is -1.77. The Kier molecular flexibility index (Phi) is 5.33. The number of hydrogen-bond donors (Lipinski definition) is 1. The molecule has 1 aliphatic carbocycles. The van der Waals surface area contributed by atoms with Gasteiger partial charge in [0.1, 0.15) is 0 Å². The molecular weight excluding hydrogens is 308 g/mol. The molecule has 1 aromatic carbocycles. The standard InChI is InChI=1S/C19H26O5/c1-3-18(15(16(21)22)17(23)24)12-8-11-14(20)19(18,4-2)13-9-6-5-7-10-13/h5-7,9-10,14-15,20H,3-4,8,11-12H2,1-2H3,(H,21,22)(H,23,24)/p-2. The Balaban J connectivity index is 2.78. The summed E-state index contributed by atoms with van der Waals surface area (Å²) >= 11 is 0. The van der Waals surface area contributed by atoms with Gasteiger partial charge in [0.15, 0.2) is 0 Å². The van der Waals surface area contributed by atoms with Gasteiger partial charge in [-0.1, -0.05) is 50.6 Å². The zero-order valence-electron chi connectivity index (χ0n) is 14.2. The van der Waals surface area contributed by atoms with Crippen LogP contribution in [-0.4, -0.2) is 23.1 Å². The van der Waals surface area contributed by atoms with Crippen molar-refractivity contribution < 1.29 is 24.9 Å². The molecule has 0 radical (unpaired) electrons. The topological polar surface area (TPSA) is 100 Å². The largest absolute Gasteiger partial charge is 0.549 e. The molecule has 2 rings (SSSR count). The first-order valence-corrected chi connectivity index (χ1v) is 8.52. The smallest absolute Gasteiger partial charge is 0.0642 e.